The highest BCUT2D eigenvalue weighted by atomic mass is 35.5. The van der Waals surface area contributed by atoms with Crippen molar-refractivity contribution in [3.63, 3.8) is 0 Å². The highest BCUT2D eigenvalue weighted by Gasteiger charge is 2.30. The molecule has 0 atom stereocenters. The number of anilines is 1. The molecule has 1 fully saturated rings. The first-order chi connectivity index (χ1) is 14.4. The second-order valence-electron chi connectivity index (χ2n) is 6.41. The molecule has 0 aromatic heterocycles. The number of carbonyl (C=O) groups is 1. The minimum Gasteiger partial charge on any atom is -0.496 e. The summed E-state index contributed by atoms with van der Waals surface area (Å²) < 4.78 is 43.7. The fraction of sp³-hybridized carbons (Fsp3) is 0.350. The van der Waals surface area contributed by atoms with Crippen LogP contribution in [0, 0.1) is 0 Å². The van der Waals surface area contributed by atoms with E-state index < -0.39 is 15.9 Å². The lowest BCUT2D eigenvalue weighted by atomic mass is 10.2. The summed E-state index contributed by atoms with van der Waals surface area (Å²) in [4.78, 5) is 12.7. The number of carbonyl (C=O) groups excluding carboxylic acids is 1. The Labute approximate surface area is 180 Å². The van der Waals surface area contributed by atoms with Crippen LogP contribution in [0.4, 0.5) is 5.69 Å². The van der Waals surface area contributed by atoms with Crippen LogP contribution in [0.25, 0.3) is 0 Å². The average molecular weight is 455 g/mol. The van der Waals surface area contributed by atoms with Crippen molar-refractivity contribution in [3.05, 3.63) is 47.0 Å². The van der Waals surface area contributed by atoms with Gasteiger partial charge >= 0.3 is 0 Å². The molecule has 0 unspecified atom stereocenters. The maximum atomic E-state index is 13.2. The Morgan fingerprint density at radius 2 is 1.87 bits per heavy atom. The van der Waals surface area contributed by atoms with Gasteiger partial charge in [-0.3, -0.25) is 4.79 Å². The van der Waals surface area contributed by atoms with E-state index in [1.807, 2.05) is 0 Å². The van der Waals surface area contributed by atoms with Crippen molar-refractivity contribution in [3.8, 4) is 11.5 Å². The molecule has 1 aliphatic heterocycles. The van der Waals surface area contributed by atoms with Crippen molar-refractivity contribution in [1.29, 1.82) is 0 Å². The number of hydrogen-bond donors (Lipinski definition) is 1. The standard InChI is InChI=1S/C20H23ClN2O6S/c1-3-29-18-7-5-15(13-19(18)30(25,26)23-8-10-28-11-9-23)22-20(24)16-12-14(21)4-6-17(16)27-2/h4-7,12-13H,3,8-11H2,1-2H3,(H,22,24). The van der Waals surface area contributed by atoms with Gasteiger partial charge in [0.25, 0.3) is 5.91 Å². The number of nitrogens with one attached hydrogen (secondary N) is 1. The molecule has 1 heterocycles. The van der Waals surface area contributed by atoms with E-state index >= 15 is 0 Å². The molecule has 0 bridgehead atoms. The zero-order valence-electron chi connectivity index (χ0n) is 16.7. The average Bonchev–Trinajstić information content (AvgIpc) is 2.75. The summed E-state index contributed by atoms with van der Waals surface area (Å²) in [7, 11) is -2.38. The van der Waals surface area contributed by atoms with Gasteiger partial charge in [0.2, 0.25) is 10.0 Å². The fourth-order valence-electron chi connectivity index (χ4n) is 3.04. The summed E-state index contributed by atoms with van der Waals surface area (Å²) in [5.74, 6) is 0.0968. The van der Waals surface area contributed by atoms with E-state index in [1.165, 1.54) is 29.6 Å². The van der Waals surface area contributed by atoms with Crippen molar-refractivity contribution in [2.45, 2.75) is 11.8 Å². The SMILES string of the molecule is CCOc1ccc(NC(=O)c2cc(Cl)ccc2OC)cc1S(=O)(=O)N1CCOCC1. The molecule has 0 spiro atoms. The van der Waals surface area contributed by atoms with Crippen LogP contribution in [-0.2, 0) is 14.8 Å². The van der Waals surface area contributed by atoms with Crippen molar-refractivity contribution >= 4 is 33.2 Å². The molecule has 1 aliphatic rings. The Bertz CT molecular complexity index is 1020. The molecule has 10 heteroatoms. The zero-order valence-corrected chi connectivity index (χ0v) is 18.3. The number of benzene rings is 2. The van der Waals surface area contributed by atoms with Gasteiger partial charge in [0.05, 0.1) is 32.5 Å². The van der Waals surface area contributed by atoms with Gasteiger partial charge in [-0.2, -0.15) is 4.31 Å². The molecule has 1 amide bonds. The molecule has 30 heavy (non-hydrogen) atoms. The van der Waals surface area contributed by atoms with Crippen LogP contribution in [0.2, 0.25) is 5.02 Å². The minimum atomic E-state index is -3.83. The maximum absolute atomic E-state index is 13.2. The topological polar surface area (TPSA) is 94.2 Å². The molecule has 162 valence electrons. The monoisotopic (exact) mass is 454 g/mol. The first-order valence-corrected chi connectivity index (χ1v) is 11.2. The number of rotatable bonds is 7. The van der Waals surface area contributed by atoms with E-state index in [9.17, 15) is 13.2 Å². The predicted octanol–water partition coefficient (Wildman–Crippen LogP) is 3.02. The van der Waals surface area contributed by atoms with E-state index in [1.54, 1.807) is 25.1 Å². The van der Waals surface area contributed by atoms with Gasteiger partial charge in [-0.05, 0) is 43.3 Å². The van der Waals surface area contributed by atoms with Crippen molar-refractivity contribution < 1.29 is 27.4 Å². The molecule has 0 saturated carbocycles. The summed E-state index contributed by atoms with van der Waals surface area (Å²) in [6, 6.07) is 9.19. The number of amides is 1. The molecule has 1 saturated heterocycles. The van der Waals surface area contributed by atoms with Gasteiger partial charge in [0.1, 0.15) is 16.4 Å². The summed E-state index contributed by atoms with van der Waals surface area (Å²) in [6.07, 6.45) is 0. The van der Waals surface area contributed by atoms with Crippen LogP contribution in [0.5, 0.6) is 11.5 Å². The minimum absolute atomic E-state index is 0.0119. The number of hydrogen-bond acceptors (Lipinski definition) is 6. The summed E-state index contributed by atoms with van der Waals surface area (Å²) >= 11 is 6.00. The van der Waals surface area contributed by atoms with Gasteiger partial charge in [-0.15, -0.1) is 0 Å². The highest BCUT2D eigenvalue weighted by molar-refractivity contribution is 7.89. The molecular weight excluding hydrogens is 432 g/mol. The summed E-state index contributed by atoms with van der Waals surface area (Å²) in [5.41, 5.74) is 0.536. The van der Waals surface area contributed by atoms with Crippen LogP contribution in [0.15, 0.2) is 41.3 Å². The van der Waals surface area contributed by atoms with Gasteiger partial charge < -0.3 is 19.5 Å². The molecular formula is C20H23ClN2O6S. The van der Waals surface area contributed by atoms with E-state index in [2.05, 4.69) is 5.32 Å². The van der Waals surface area contributed by atoms with Crippen LogP contribution in [0.1, 0.15) is 17.3 Å². The lowest BCUT2D eigenvalue weighted by Crippen LogP contribution is -2.40. The largest absolute Gasteiger partial charge is 0.496 e. The highest BCUT2D eigenvalue weighted by Crippen LogP contribution is 2.31. The van der Waals surface area contributed by atoms with Gasteiger partial charge in [-0.25, -0.2) is 8.42 Å². The van der Waals surface area contributed by atoms with E-state index in [-0.39, 0.29) is 29.3 Å². The molecule has 0 aliphatic carbocycles. The number of morpholine rings is 1. The van der Waals surface area contributed by atoms with Crippen molar-refractivity contribution in [2.24, 2.45) is 0 Å². The first kappa shape index (κ1) is 22.4. The Hall–Kier alpha value is -2.33. The molecule has 3 rings (SSSR count). The predicted molar refractivity (Wildman–Crippen MR) is 113 cm³/mol. The molecule has 8 nitrogen and oxygen atoms in total. The Morgan fingerprint density at radius 1 is 1.17 bits per heavy atom. The molecule has 2 aromatic carbocycles. The number of nitrogens with zero attached hydrogens (tertiary/aromatic N) is 1. The number of methoxy groups -OCH3 is 1. The Balaban J connectivity index is 1.94. The lowest BCUT2D eigenvalue weighted by Gasteiger charge is -2.27. The van der Waals surface area contributed by atoms with Gasteiger partial charge in [0.15, 0.2) is 0 Å². The number of sulfonamides is 1. The lowest BCUT2D eigenvalue weighted by molar-refractivity contribution is 0.0729. The molecule has 0 radical (unpaired) electrons. The normalized spacial score (nSPS) is 14.9. The first-order valence-electron chi connectivity index (χ1n) is 9.36. The third kappa shape index (κ3) is 4.86. The third-order valence-electron chi connectivity index (χ3n) is 4.50. The van der Waals surface area contributed by atoms with E-state index in [4.69, 9.17) is 25.8 Å². The Kier molecular flexibility index (Phi) is 7.19. The van der Waals surface area contributed by atoms with Crippen LogP contribution >= 0.6 is 11.6 Å². The van der Waals surface area contributed by atoms with E-state index in [0.717, 1.165) is 0 Å². The van der Waals surface area contributed by atoms with Crippen LogP contribution in [-0.4, -0.2) is 58.7 Å². The van der Waals surface area contributed by atoms with Crippen molar-refractivity contribution in [2.75, 3.05) is 45.3 Å². The van der Waals surface area contributed by atoms with Crippen LogP contribution in [0.3, 0.4) is 0 Å². The second-order valence-corrected chi connectivity index (χ2v) is 8.75. The number of halogens is 1. The van der Waals surface area contributed by atoms with Gasteiger partial charge in [0, 0.05) is 23.8 Å². The quantitative estimate of drug-likeness (QED) is 0.691. The Morgan fingerprint density at radius 3 is 2.53 bits per heavy atom. The van der Waals surface area contributed by atoms with Crippen molar-refractivity contribution in [1.82, 2.24) is 4.31 Å². The molecule has 2 aromatic rings. The summed E-state index contributed by atoms with van der Waals surface area (Å²) in [5, 5.41) is 3.08. The zero-order chi connectivity index (χ0) is 21.7. The smallest absolute Gasteiger partial charge is 0.259 e. The fourth-order valence-corrected chi connectivity index (χ4v) is 4.78. The van der Waals surface area contributed by atoms with Gasteiger partial charge in [-0.1, -0.05) is 11.6 Å². The molecule has 1 N–H and O–H groups in total. The second kappa shape index (κ2) is 9.65. The van der Waals surface area contributed by atoms with Crippen LogP contribution < -0.4 is 14.8 Å². The number of ether oxygens (including phenoxy) is 3. The maximum Gasteiger partial charge on any atom is 0.259 e. The third-order valence-corrected chi connectivity index (χ3v) is 6.65. The summed E-state index contributed by atoms with van der Waals surface area (Å²) in [6.45, 7) is 3.24. The van der Waals surface area contributed by atoms with E-state index in [0.29, 0.717) is 36.3 Å².